The number of carbonyl (C=O) groups is 3. The van der Waals surface area contributed by atoms with Crippen LogP contribution < -0.4 is 0 Å². The molecule has 1 unspecified atom stereocenters. The number of carboxylic acid groups (broad SMARTS) is 1. The fourth-order valence-electron chi connectivity index (χ4n) is 1.46. The van der Waals surface area contributed by atoms with Gasteiger partial charge in [-0.15, -0.1) is 0 Å². The molecule has 1 atom stereocenters. The Morgan fingerprint density at radius 1 is 1.22 bits per heavy atom. The number of halogens is 2. The molecule has 96 valence electrons. The molecule has 0 amide bonds. The molecule has 0 spiro atoms. The van der Waals surface area contributed by atoms with E-state index in [0.717, 1.165) is 25.1 Å². The summed E-state index contributed by atoms with van der Waals surface area (Å²) in [7, 11) is 0. The number of carboxylic acids is 1. The lowest BCUT2D eigenvalue weighted by molar-refractivity contribution is -0.145. The van der Waals surface area contributed by atoms with Crippen LogP contribution in [0.1, 0.15) is 23.7 Å². The van der Waals surface area contributed by atoms with Crippen molar-refractivity contribution < 1.29 is 28.3 Å². The minimum Gasteiger partial charge on any atom is -0.481 e. The molecular formula is C12H10F2O4. The van der Waals surface area contributed by atoms with Gasteiger partial charge in [-0.05, 0) is 19.1 Å². The van der Waals surface area contributed by atoms with Crippen LogP contribution in [0.5, 0.6) is 0 Å². The Morgan fingerprint density at radius 3 is 2.11 bits per heavy atom. The van der Waals surface area contributed by atoms with Gasteiger partial charge in [0.15, 0.2) is 5.78 Å². The summed E-state index contributed by atoms with van der Waals surface area (Å²) in [4.78, 5) is 33.3. The lowest BCUT2D eigenvalue weighted by atomic mass is 9.95. The van der Waals surface area contributed by atoms with E-state index in [1.54, 1.807) is 0 Å². The van der Waals surface area contributed by atoms with Gasteiger partial charge in [-0.3, -0.25) is 14.4 Å². The highest BCUT2D eigenvalue weighted by molar-refractivity contribution is 6.05. The number of Topliss-reactive ketones (excluding diaryl/α,β-unsaturated/α-hetero) is 2. The number of aliphatic carboxylic acids is 1. The molecule has 0 heterocycles. The van der Waals surface area contributed by atoms with Gasteiger partial charge in [0.2, 0.25) is 0 Å². The van der Waals surface area contributed by atoms with Gasteiger partial charge < -0.3 is 5.11 Å². The fourth-order valence-corrected chi connectivity index (χ4v) is 1.46. The number of hydrogen-bond donors (Lipinski definition) is 1. The smallest absolute Gasteiger partial charge is 0.314 e. The maximum Gasteiger partial charge on any atom is 0.314 e. The van der Waals surface area contributed by atoms with Gasteiger partial charge in [-0.25, -0.2) is 8.78 Å². The van der Waals surface area contributed by atoms with Crippen molar-refractivity contribution in [3.8, 4) is 0 Å². The Morgan fingerprint density at radius 2 is 1.72 bits per heavy atom. The van der Waals surface area contributed by atoms with Gasteiger partial charge in [0.05, 0.1) is 5.56 Å². The summed E-state index contributed by atoms with van der Waals surface area (Å²) >= 11 is 0. The fraction of sp³-hybridized carbons (Fsp3) is 0.250. The van der Waals surface area contributed by atoms with E-state index in [1.807, 2.05) is 0 Å². The van der Waals surface area contributed by atoms with Gasteiger partial charge in [-0.1, -0.05) is 6.07 Å². The van der Waals surface area contributed by atoms with E-state index in [-0.39, 0.29) is 0 Å². The normalized spacial score (nSPS) is 11.9. The molecule has 0 fully saturated rings. The summed E-state index contributed by atoms with van der Waals surface area (Å²) < 4.78 is 26.5. The van der Waals surface area contributed by atoms with Gasteiger partial charge in [0.1, 0.15) is 23.3 Å². The van der Waals surface area contributed by atoms with Gasteiger partial charge in [-0.2, -0.15) is 0 Å². The monoisotopic (exact) mass is 256 g/mol. The van der Waals surface area contributed by atoms with Crippen LogP contribution in [0, 0.1) is 17.6 Å². The molecule has 1 aromatic rings. The standard InChI is InChI=1S/C12H10F2O4/c1-6(15)7(12(17)18)5-10(16)11-8(13)3-2-4-9(11)14/h2-4,7H,5H2,1H3,(H,17,18). The molecule has 6 heteroatoms. The van der Waals surface area contributed by atoms with E-state index >= 15 is 0 Å². The summed E-state index contributed by atoms with van der Waals surface area (Å²) in [6.45, 7) is 1.00. The molecule has 0 aliphatic rings. The van der Waals surface area contributed by atoms with Gasteiger partial charge in [0, 0.05) is 6.42 Å². The summed E-state index contributed by atoms with van der Waals surface area (Å²) in [5, 5.41) is 8.72. The van der Waals surface area contributed by atoms with Crippen molar-refractivity contribution in [1.82, 2.24) is 0 Å². The zero-order valence-corrected chi connectivity index (χ0v) is 9.44. The highest BCUT2D eigenvalue weighted by Crippen LogP contribution is 2.17. The first kappa shape index (κ1) is 14.0. The average molecular weight is 256 g/mol. The van der Waals surface area contributed by atoms with Crippen LogP contribution in [-0.4, -0.2) is 22.6 Å². The van der Waals surface area contributed by atoms with Crippen molar-refractivity contribution in [1.29, 1.82) is 0 Å². The van der Waals surface area contributed by atoms with Crippen LogP contribution >= 0.6 is 0 Å². The van der Waals surface area contributed by atoms with Crippen LogP contribution in [0.15, 0.2) is 18.2 Å². The second-order valence-corrected chi connectivity index (χ2v) is 3.73. The summed E-state index contributed by atoms with van der Waals surface area (Å²) in [6.07, 6.45) is -0.761. The number of hydrogen-bond acceptors (Lipinski definition) is 3. The molecule has 4 nitrogen and oxygen atoms in total. The number of rotatable bonds is 5. The Bertz CT molecular complexity index is 477. The van der Waals surface area contributed by atoms with Gasteiger partial charge >= 0.3 is 5.97 Å². The molecule has 1 aromatic carbocycles. The van der Waals surface area contributed by atoms with Crippen LogP contribution in [0.25, 0.3) is 0 Å². The first-order valence-electron chi connectivity index (χ1n) is 5.05. The Balaban J connectivity index is 3.02. The molecule has 1 N–H and O–H groups in total. The highest BCUT2D eigenvalue weighted by Gasteiger charge is 2.28. The third-order valence-electron chi connectivity index (χ3n) is 2.42. The minimum absolute atomic E-state index is 0.743. The lowest BCUT2D eigenvalue weighted by Crippen LogP contribution is -2.25. The first-order valence-corrected chi connectivity index (χ1v) is 5.05. The van der Waals surface area contributed by atoms with Crippen molar-refractivity contribution in [2.75, 3.05) is 0 Å². The van der Waals surface area contributed by atoms with E-state index < -0.39 is 47.1 Å². The van der Waals surface area contributed by atoms with Gasteiger partial charge in [0.25, 0.3) is 0 Å². The molecule has 0 radical (unpaired) electrons. The van der Waals surface area contributed by atoms with Crippen LogP contribution in [0.4, 0.5) is 8.78 Å². The van der Waals surface area contributed by atoms with Crippen molar-refractivity contribution in [3.63, 3.8) is 0 Å². The summed E-state index contributed by atoms with van der Waals surface area (Å²) in [5.74, 6) is -7.02. The number of benzene rings is 1. The Kier molecular flexibility index (Phi) is 4.25. The Hall–Kier alpha value is -2.11. The van der Waals surface area contributed by atoms with E-state index in [9.17, 15) is 23.2 Å². The largest absolute Gasteiger partial charge is 0.481 e. The molecule has 0 aliphatic carbocycles. The number of carbonyl (C=O) groups excluding carboxylic acids is 2. The van der Waals surface area contributed by atoms with E-state index in [4.69, 9.17) is 5.11 Å². The number of ketones is 2. The minimum atomic E-state index is -1.59. The summed E-state index contributed by atoms with van der Waals surface area (Å²) in [6, 6.07) is 2.86. The zero-order chi connectivity index (χ0) is 13.9. The van der Waals surface area contributed by atoms with Crippen molar-refractivity contribution in [2.24, 2.45) is 5.92 Å². The molecule has 0 saturated carbocycles. The lowest BCUT2D eigenvalue weighted by Gasteiger charge is -2.08. The molecule has 0 aliphatic heterocycles. The first-order chi connectivity index (χ1) is 8.34. The summed E-state index contributed by atoms with van der Waals surface area (Å²) in [5.41, 5.74) is -0.815. The Labute approximate surface area is 101 Å². The second-order valence-electron chi connectivity index (χ2n) is 3.73. The van der Waals surface area contributed by atoms with Crippen molar-refractivity contribution >= 4 is 17.5 Å². The maximum atomic E-state index is 13.3. The predicted molar refractivity (Wildman–Crippen MR) is 57.1 cm³/mol. The average Bonchev–Trinajstić information content (AvgIpc) is 2.24. The molecule has 0 saturated heterocycles. The molecule has 0 bridgehead atoms. The molecular weight excluding hydrogens is 246 g/mol. The zero-order valence-electron chi connectivity index (χ0n) is 9.44. The second kappa shape index (κ2) is 5.48. The van der Waals surface area contributed by atoms with Crippen LogP contribution in [-0.2, 0) is 9.59 Å². The molecule has 1 rings (SSSR count). The SMILES string of the molecule is CC(=O)C(CC(=O)c1c(F)cccc1F)C(=O)O. The third-order valence-corrected chi connectivity index (χ3v) is 2.42. The van der Waals surface area contributed by atoms with Crippen molar-refractivity contribution in [2.45, 2.75) is 13.3 Å². The van der Waals surface area contributed by atoms with Crippen LogP contribution in [0.3, 0.4) is 0 Å². The van der Waals surface area contributed by atoms with E-state index in [1.165, 1.54) is 0 Å². The van der Waals surface area contributed by atoms with E-state index in [0.29, 0.717) is 0 Å². The predicted octanol–water partition coefficient (Wildman–Crippen LogP) is 1.83. The highest BCUT2D eigenvalue weighted by atomic mass is 19.1. The molecule has 18 heavy (non-hydrogen) atoms. The maximum absolute atomic E-state index is 13.3. The quantitative estimate of drug-likeness (QED) is 0.644. The van der Waals surface area contributed by atoms with E-state index in [2.05, 4.69) is 0 Å². The molecule has 0 aromatic heterocycles. The third kappa shape index (κ3) is 2.97. The van der Waals surface area contributed by atoms with Crippen molar-refractivity contribution in [3.05, 3.63) is 35.4 Å². The topological polar surface area (TPSA) is 71.4 Å². The van der Waals surface area contributed by atoms with Crippen LogP contribution in [0.2, 0.25) is 0 Å².